The fourth-order valence-electron chi connectivity index (χ4n) is 4.50. The van der Waals surface area contributed by atoms with Crippen LogP contribution in [0.2, 0.25) is 0 Å². The van der Waals surface area contributed by atoms with E-state index >= 15 is 0 Å². The molecular formula is C30H47MgNO3. The van der Waals surface area contributed by atoms with Crippen molar-refractivity contribution in [3.63, 3.8) is 0 Å². The van der Waals surface area contributed by atoms with Crippen LogP contribution in [0.15, 0.2) is 33.8 Å². The smallest absolute Gasteiger partial charge is 0.316 e. The summed E-state index contributed by atoms with van der Waals surface area (Å²) in [5, 5.41) is 9.69. The fourth-order valence-corrected chi connectivity index (χ4v) is 4.50. The molecule has 2 heterocycles. The second kappa shape index (κ2) is 19.6. The highest BCUT2D eigenvalue weighted by molar-refractivity contribution is 6.04. The molecule has 0 radical (unpaired) electrons. The monoisotopic (exact) mass is 493 g/mol. The van der Waals surface area contributed by atoms with Crippen molar-refractivity contribution in [2.24, 2.45) is 4.99 Å². The van der Waals surface area contributed by atoms with Crippen molar-refractivity contribution in [3.8, 4) is 0 Å². The zero-order valence-electron chi connectivity index (χ0n) is 21.5. The van der Waals surface area contributed by atoms with Crippen molar-refractivity contribution in [3.05, 3.63) is 41.3 Å². The summed E-state index contributed by atoms with van der Waals surface area (Å²) >= 11 is 0. The van der Waals surface area contributed by atoms with E-state index in [4.69, 9.17) is 9.52 Å². The molecule has 0 fully saturated rings. The number of unbranched alkanes of at least 4 members (excludes halogenated alkanes) is 14. The van der Waals surface area contributed by atoms with E-state index in [1.54, 1.807) is 0 Å². The summed E-state index contributed by atoms with van der Waals surface area (Å²) in [5.41, 5.74) is 3.21. The second-order valence-electron chi connectivity index (χ2n) is 9.48. The average molecular weight is 494 g/mol. The molecule has 0 saturated carbocycles. The normalized spacial score (nSPS) is 11.6. The molecule has 5 heteroatoms. The SMILES string of the molecule is CCCCCCCCCCCCCCCCCC(=O)O.Cc1oc2cccc3c2c1C=NC=C3.[MgH2]. The molecule has 0 saturated heterocycles. The molecule has 1 aliphatic heterocycles. The zero-order chi connectivity index (χ0) is 24.4. The number of aryl methyl sites for hydroxylation is 1. The molecule has 0 bridgehead atoms. The molecule has 0 aliphatic carbocycles. The van der Waals surface area contributed by atoms with Crippen LogP contribution in [0.1, 0.15) is 127 Å². The Morgan fingerprint density at radius 2 is 1.40 bits per heavy atom. The number of hydrogen-bond donors (Lipinski definition) is 1. The molecule has 3 rings (SSSR count). The summed E-state index contributed by atoms with van der Waals surface area (Å²) in [6.45, 7) is 4.24. The van der Waals surface area contributed by atoms with E-state index in [0.29, 0.717) is 6.42 Å². The van der Waals surface area contributed by atoms with Crippen LogP contribution in [0.25, 0.3) is 17.0 Å². The Balaban J connectivity index is 0.000000355. The Morgan fingerprint density at radius 3 is 1.94 bits per heavy atom. The number of carboxylic acid groups (broad SMARTS) is 1. The summed E-state index contributed by atoms with van der Waals surface area (Å²) in [6.07, 6.45) is 25.9. The van der Waals surface area contributed by atoms with Crippen LogP contribution in [0, 0.1) is 6.92 Å². The Hall–Kier alpha value is -1.59. The van der Waals surface area contributed by atoms with Crippen molar-refractivity contribution in [1.82, 2.24) is 0 Å². The van der Waals surface area contributed by atoms with Crippen LogP contribution in [0.4, 0.5) is 0 Å². The zero-order valence-corrected chi connectivity index (χ0v) is 21.5. The molecule has 1 aromatic carbocycles. The van der Waals surface area contributed by atoms with E-state index in [9.17, 15) is 4.79 Å². The Labute approximate surface area is 228 Å². The fraction of sp³-hybridized carbons (Fsp3) is 0.600. The lowest BCUT2D eigenvalue weighted by atomic mass is 10.0. The van der Waals surface area contributed by atoms with Gasteiger partial charge in [-0.3, -0.25) is 9.79 Å². The van der Waals surface area contributed by atoms with Crippen molar-refractivity contribution in [1.29, 1.82) is 0 Å². The Kier molecular flexibility index (Phi) is 17.6. The van der Waals surface area contributed by atoms with E-state index in [1.165, 1.54) is 94.4 Å². The number of carboxylic acids is 1. The first-order valence-electron chi connectivity index (χ1n) is 13.6. The van der Waals surface area contributed by atoms with Crippen molar-refractivity contribution in [2.75, 3.05) is 0 Å². The molecule has 1 aromatic heterocycles. The van der Waals surface area contributed by atoms with Gasteiger partial charge in [-0.1, -0.05) is 109 Å². The highest BCUT2D eigenvalue weighted by Gasteiger charge is 2.12. The van der Waals surface area contributed by atoms with Gasteiger partial charge in [0.05, 0.1) is 0 Å². The summed E-state index contributed by atoms with van der Waals surface area (Å²) < 4.78 is 5.64. The van der Waals surface area contributed by atoms with Gasteiger partial charge in [-0.05, 0) is 31.1 Å². The summed E-state index contributed by atoms with van der Waals surface area (Å²) in [5.74, 6) is 0.277. The topological polar surface area (TPSA) is 62.8 Å². The summed E-state index contributed by atoms with van der Waals surface area (Å²) in [6, 6.07) is 6.06. The minimum Gasteiger partial charge on any atom is -0.481 e. The number of rotatable bonds is 16. The molecule has 1 aliphatic rings. The van der Waals surface area contributed by atoms with Crippen molar-refractivity contribution >= 4 is 52.3 Å². The number of nitrogens with zero attached hydrogens (tertiary/aromatic N) is 1. The maximum absolute atomic E-state index is 10.3. The third kappa shape index (κ3) is 12.8. The predicted molar refractivity (Wildman–Crippen MR) is 153 cm³/mol. The number of hydrogen-bond acceptors (Lipinski definition) is 3. The van der Waals surface area contributed by atoms with Gasteiger partial charge in [-0.25, -0.2) is 0 Å². The molecule has 1 N–H and O–H groups in total. The quantitative estimate of drug-likeness (QED) is 0.188. The highest BCUT2D eigenvalue weighted by Crippen LogP contribution is 2.29. The van der Waals surface area contributed by atoms with E-state index in [0.717, 1.165) is 29.7 Å². The number of benzene rings is 1. The maximum Gasteiger partial charge on any atom is 0.316 e. The van der Waals surface area contributed by atoms with Crippen molar-refractivity contribution in [2.45, 2.75) is 117 Å². The van der Waals surface area contributed by atoms with Crippen LogP contribution in [-0.4, -0.2) is 40.3 Å². The van der Waals surface area contributed by atoms with Gasteiger partial charge in [0.2, 0.25) is 0 Å². The number of aliphatic imine (C=N–C) groups is 1. The lowest BCUT2D eigenvalue weighted by molar-refractivity contribution is -0.137. The molecule has 35 heavy (non-hydrogen) atoms. The van der Waals surface area contributed by atoms with Gasteiger partial charge in [0.1, 0.15) is 11.3 Å². The molecule has 0 spiro atoms. The minimum atomic E-state index is -0.653. The Morgan fingerprint density at radius 1 is 0.857 bits per heavy atom. The first kappa shape index (κ1) is 31.4. The van der Waals surface area contributed by atoms with Gasteiger partial charge < -0.3 is 9.52 Å². The molecule has 2 aromatic rings. The van der Waals surface area contributed by atoms with Crippen LogP contribution in [0.3, 0.4) is 0 Å². The predicted octanol–water partition coefficient (Wildman–Crippen LogP) is 8.56. The van der Waals surface area contributed by atoms with Crippen LogP contribution < -0.4 is 0 Å². The van der Waals surface area contributed by atoms with E-state index < -0.39 is 5.97 Å². The molecule has 4 nitrogen and oxygen atoms in total. The molecular weight excluding hydrogens is 447 g/mol. The van der Waals surface area contributed by atoms with Crippen LogP contribution in [0.5, 0.6) is 0 Å². The van der Waals surface area contributed by atoms with Gasteiger partial charge in [-0.2, -0.15) is 0 Å². The molecule has 192 valence electrons. The van der Waals surface area contributed by atoms with Crippen LogP contribution in [-0.2, 0) is 4.79 Å². The number of carbonyl (C=O) groups is 1. The lowest BCUT2D eigenvalue weighted by Gasteiger charge is -2.03. The molecule has 0 amide bonds. The largest absolute Gasteiger partial charge is 0.481 e. The minimum absolute atomic E-state index is 0. The summed E-state index contributed by atoms with van der Waals surface area (Å²) in [7, 11) is 0. The first-order valence-corrected chi connectivity index (χ1v) is 13.6. The maximum atomic E-state index is 10.3. The molecule has 0 unspecified atom stereocenters. The Bertz CT molecular complexity index is 900. The lowest BCUT2D eigenvalue weighted by Crippen LogP contribution is -1.93. The van der Waals surface area contributed by atoms with Crippen molar-refractivity contribution < 1.29 is 14.3 Å². The second-order valence-corrected chi connectivity index (χ2v) is 9.48. The van der Waals surface area contributed by atoms with Gasteiger partial charge in [0, 0.05) is 29.8 Å². The van der Waals surface area contributed by atoms with Gasteiger partial charge in [0.25, 0.3) is 0 Å². The third-order valence-electron chi connectivity index (χ3n) is 6.51. The number of furan rings is 1. The van der Waals surface area contributed by atoms with E-state index in [-0.39, 0.29) is 23.1 Å². The first-order chi connectivity index (χ1) is 16.6. The van der Waals surface area contributed by atoms with Gasteiger partial charge in [-0.15, -0.1) is 0 Å². The highest BCUT2D eigenvalue weighted by atomic mass is 24.3. The molecule has 0 atom stereocenters. The van der Waals surface area contributed by atoms with Gasteiger partial charge >= 0.3 is 29.0 Å². The van der Waals surface area contributed by atoms with E-state index in [2.05, 4.69) is 18.0 Å². The van der Waals surface area contributed by atoms with Gasteiger partial charge in [0.15, 0.2) is 0 Å². The number of aliphatic carboxylic acids is 1. The third-order valence-corrected chi connectivity index (χ3v) is 6.51. The average Bonchev–Trinajstić information content (AvgIpc) is 3.00. The van der Waals surface area contributed by atoms with E-state index in [1.807, 2.05) is 37.5 Å². The standard InChI is InChI=1S/C18H36O2.C12H9NO.Mg.2H/c1-2-3-4-5-6-7-8-9-10-11-12-13-14-15-16-17-18(19)20;1-8-10-7-13-6-5-9-3-2-4-11(14-8)12(9)10;;;/h2-17H2,1H3,(H,19,20);2-7H,1H3;;;. The van der Waals surface area contributed by atoms with Crippen LogP contribution >= 0.6 is 0 Å². The summed E-state index contributed by atoms with van der Waals surface area (Å²) in [4.78, 5) is 14.5.